The molecule has 1 fully saturated rings. The van der Waals surface area contributed by atoms with Crippen molar-refractivity contribution in [3.05, 3.63) is 60.6 Å². The molecule has 1 aliphatic rings. The molecule has 1 aliphatic carbocycles. The number of amides is 1. The first-order valence-corrected chi connectivity index (χ1v) is 7.96. The van der Waals surface area contributed by atoms with Gasteiger partial charge in [0.15, 0.2) is 17.8 Å². The summed E-state index contributed by atoms with van der Waals surface area (Å²) in [6.45, 7) is 1.99. The van der Waals surface area contributed by atoms with E-state index in [2.05, 4.69) is 9.97 Å². The van der Waals surface area contributed by atoms with E-state index in [1.54, 1.807) is 24.6 Å². The summed E-state index contributed by atoms with van der Waals surface area (Å²) < 4.78 is 10.8. The molecule has 1 amide bonds. The Morgan fingerprint density at radius 1 is 1.21 bits per heavy atom. The maximum absolute atomic E-state index is 13.2. The van der Waals surface area contributed by atoms with E-state index in [9.17, 15) is 4.79 Å². The number of hydrogen-bond acceptors (Lipinski definition) is 5. The minimum atomic E-state index is -0.157. The van der Waals surface area contributed by atoms with Crippen LogP contribution in [0.15, 0.2) is 58.0 Å². The standard InChI is InChI=1S/C18H17N3O3/c1-12(14-5-2-3-9-19-14)21(13-7-8-13)18(22)16-17(24-11-20-16)15-6-4-10-23-15/h2-6,9-13H,7-8H2,1H3/t12-/m1/s1. The van der Waals surface area contributed by atoms with Crippen LogP contribution in [0.4, 0.5) is 0 Å². The second-order valence-corrected chi connectivity index (χ2v) is 5.88. The summed E-state index contributed by atoms with van der Waals surface area (Å²) in [6, 6.07) is 9.32. The first kappa shape index (κ1) is 14.7. The van der Waals surface area contributed by atoms with Crippen molar-refractivity contribution in [3.8, 4) is 11.5 Å². The number of nitrogens with zero attached hydrogens (tertiary/aromatic N) is 3. The van der Waals surface area contributed by atoms with Crippen LogP contribution in [0.5, 0.6) is 0 Å². The predicted octanol–water partition coefficient (Wildman–Crippen LogP) is 3.70. The van der Waals surface area contributed by atoms with Gasteiger partial charge in [-0.3, -0.25) is 9.78 Å². The highest BCUT2D eigenvalue weighted by Crippen LogP contribution is 2.36. The Balaban J connectivity index is 1.68. The van der Waals surface area contributed by atoms with Crippen LogP contribution >= 0.6 is 0 Å². The van der Waals surface area contributed by atoms with Crippen molar-refractivity contribution in [3.63, 3.8) is 0 Å². The van der Waals surface area contributed by atoms with Crippen LogP contribution in [0.3, 0.4) is 0 Å². The van der Waals surface area contributed by atoms with Crippen LogP contribution in [-0.2, 0) is 0 Å². The number of rotatable bonds is 5. The normalized spacial score (nSPS) is 15.2. The zero-order valence-electron chi connectivity index (χ0n) is 13.3. The van der Waals surface area contributed by atoms with Crippen molar-refractivity contribution in [1.82, 2.24) is 14.9 Å². The molecule has 1 atom stereocenters. The van der Waals surface area contributed by atoms with Gasteiger partial charge in [0.25, 0.3) is 5.91 Å². The molecule has 4 rings (SSSR count). The van der Waals surface area contributed by atoms with Gasteiger partial charge in [0.2, 0.25) is 5.76 Å². The van der Waals surface area contributed by atoms with Crippen molar-refractivity contribution >= 4 is 5.91 Å². The van der Waals surface area contributed by atoms with Gasteiger partial charge >= 0.3 is 0 Å². The Labute approximate surface area is 139 Å². The number of pyridine rings is 1. The molecule has 3 aromatic heterocycles. The lowest BCUT2D eigenvalue weighted by molar-refractivity contribution is 0.0665. The number of hydrogen-bond donors (Lipinski definition) is 0. The Bertz CT molecular complexity index is 822. The highest BCUT2D eigenvalue weighted by molar-refractivity contribution is 5.97. The van der Waals surface area contributed by atoms with E-state index in [1.807, 2.05) is 30.0 Å². The summed E-state index contributed by atoms with van der Waals surface area (Å²) in [7, 11) is 0. The van der Waals surface area contributed by atoms with E-state index in [0.29, 0.717) is 11.5 Å². The van der Waals surface area contributed by atoms with Gasteiger partial charge in [-0.05, 0) is 44.0 Å². The summed E-state index contributed by atoms with van der Waals surface area (Å²) in [5, 5.41) is 0. The first-order valence-electron chi connectivity index (χ1n) is 7.96. The maximum atomic E-state index is 13.2. The molecular formula is C18H17N3O3. The van der Waals surface area contributed by atoms with Crippen molar-refractivity contribution in [2.45, 2.75) is 31.8 Å². The van der Waals surface area contributed by atoms with E-state index in [0.717, 1.165) is 18.5 Å². The van der Waals surface area contributed by atoms with Crippen LogP contribution in [0.2, 0.25) is 0 Å². The zero-order chi connectivity index (χ0) is 16.5. The fourth-order valence-corrected chi connectivity index (χ4v) is 2.88. The molecule has 0 unspecified atom stereocenters. The second-order valence-electron chi connectivity index (χ2n) is 5.88. The summed E-state index contributed by atoms with van der Waals surface area (Å²) >= 11 is 0. The Kier molecular flexibility index (Phi) is 3.65. The van der Waals surface area contributed by atoms with Gasteiger partial charge in [0.05, 0.1) is 18.0 Å². The Morgan fingerprint density at radius 2 is 2.08 bits per heavy atom. The van der Waals surface area contributed by atoms with Gasteiger partial charge in [-0.2, -0.15) is 0 Å². The molecule has 122 valence electrons. The monoisotopic (exact) mass is 323 g/mol. The van der Waals surface area contributed by atoms with E-state index in [1.165, 1.54) is 6.39 Å². The highest BCUT2D eigenvalue weighted by Gasteiger charge is 2.39. The SMILES string of the molecule is C[C@H](c1ccccn1)N(C(=O)c1ncoc1-c1ccco1)C1CC1. The third-order valence-corrected chi connectivity index (χ3v) is 4.22. The zero-order valence-corrected chi connectivity index (χ0v) is 13.3. The molecule has 1 saturated carbocycles. The van der Waals surface area contributed by atoms with E-state index >= 15 is 0 Å². The molecular weight excluding hydrogens is 306 g/mol. The fourth-order valence-electron chi connectivity index (χ4n) is 2.88. The van der Waals surface area contributed by atoms with E-state index in [-0.39, 0.29) is 23.7 Å². The van der Waals surface area contributed by atoms with Crippen LogP contribution < -0.4 is 0 Å². The summed E-state index contributed by atoms with van der Waals surface area (Å²) in [5.74, 6) is 0.705. The lowest BCUT2D eigenvalue weighted by Crippen LogP contribution is -2.36. The molecule has 0 aliphatic heterocycles. The van der Waals surface area contributed by atoms with Crippen molar-refractivity contribution in [1.29, 1.82) is 0 Å². The first-order chi connectivity index (χ1) is 11.8. The summed E-state index contributed by atoms with van der Waals surface area (Å²) in [4.78, 5) is 23.5. The quantitative estimate of drug-likeness (QED) is 0.716. The highest BCUT2D eigenvalue weighted by atomic mass is 16.4. The smallest absolute Gasteiger partial charge is 0.277 e. The topological polar surface area (TPSA) is 72.4 Å². The molecule has 0 N–H and O–H groups in total. The van der Waals surface area contributed by atoms with Crippen LogP contribution in [0, 0.1) is 0 Å². The Hall–Kier alpha value is -2.89. The summed E-state index contributed by atoms with van der Waals surface area (Å²) in [5.41, 5.74) is 1.14. The predicted molar refractivity (Wildman–Crippen MR) is 86.0 cm³/mol. The fraction of sp³-hybridized carbons (Fsp3) is 0.278. The van der Waals surface area contributed by atoms with Crippen molar-refractivity contribution in [2.75, 3.05) is 0 Å². The van der Waals surface area contributed by atoms with Crippen LogP contribution in [0.25, 0.3) is 11.5 Å². The van der Waals surface area contributed by atoms with E-state index < -0.39 is 0 Å². The molecule has 6 nitrogen and oxygen atoms in total. The minimum Gasteiger partial charge on any atom is -0.461 e. The third-order valence-electron chi connectivity index (χ3n) is 4.22. The number of carbonyl (C=O) groups is 1. The number of aromatic nitrogens is 2. The number of carbonyl (C=O) groups excluding carboxylic acids is 1. The molecule has 3 heterocycles. The molecule has 0 radical (unpaired) electrons. The van der Waals surface area contributed by atoms with Crippen molar-refractivity contribution in [2.24, 2.45) is 0 Å². The molecule has 3 aromatic rings. The van der Waals surface area contributed by atoms with Gasteiger partial charge in [-0.25, -0.2) is 4.98 Å². The van der Waals surface area contributed by atoms with Gasteiger partial charge < -0.3 is 13.7 Å². The van der Waals surface area contributed by atoms with Gasteiger partial charge in [0, 0.05) is 12.2 Å². The summed E-state index contributed by atoms with van der Waals surface area (Å²) in [6.07, 6.45) is 6.56. The Morgan fingerprint density at radius 3 is 2.75 bits per heavy atom. The van der Waals surface area contributed by atoms with Crippen LogP contribution in [-0.4, -0.2) is 26.8 Å². The van der Waals surface area contributed by atoms with Crippen molar-refractivity contribution < 1.29 is 13.6 Å². The maximum Gasteiger partial charge on any atom is 0.277 e. The average molecular weight is 323 g/mol. The molecule has 24 heavy (non-hydrogen) atoms. The molecule has 0 aromatic carbocycles. The number of oxazole rings is 1. The third kappa shape index (κ3) is 2.60. The average Bonchev–Trinajstić information content (AvgIpc) is 3.11. The van der Waals surface area contributed by atoms with Gasteiger partial charge in [0.1, 0.15) is 0 Å². The largest absolute Gasteiger partial charge is 0.461 e. The molecule has 0 spiro atoms. The lowest BCUT2D eigenvalue weighted by Gasteiger charge is -2.28. The molecule has 0 bridgehead atoms. The van der Waals surface area contributed by atoms with Crippen LogP contribution in [0.1, 0.15) is 42.0 Å². The second kappa shape index (κ2) is 5.96. The lowest BCUT2D eigenvalue weighted by atomic mass is 10.1. The van der Waals surface area contributed by atoms with Gasteiger partial charge in [-0.1, -0.05) is 6.07 Å². The van der Waals surface area contributed by atoms with Gasteiger partial charge in [-0.15, -0.1) is 0 Å². The molecule has 0 saturated heterocycles. The minimum absolute atomic E-state index is 0.132. The van der Waals surface area contributed by atoms with E-state index in [4.69, 9.17) is 8.83 Å². The number of furan rings is 1. The molecule has 6 heteroatoms.